The van der Waals surface area contributed by atoms with E-state index in [1.165, 1.54) is 0 Å². The summed E-state index contributed by atoms with van der Waals surface area (Å²) in [5, 5.41) is 0. The van der Waals surface area contributed by atoms with Gasteiger partial charge in [0, 0.05) is 44.7 Å². The monoisotopic (exact) mass is 783 g/mol. The molecule has 0 radical (unpaired) electrons. The minimum Gasteiger partial charge on any atom is -0.248 e. The minimum atomic E-state index is 0.563. The molecule has 0 aliphatic rings. The van der Waals surface area contributed by atoms with Gasteiger partial charge in [-0.15, -0.1) is 0 Å². The quantitative estimate of drug-likeness (QED) is 0.102. The van der Waals surface area contributed by atoms with Crippen molar-refractivity contribution in [1.82, 2.24) is 15.0 Å². The molecule has 2 aromatic heterocycles. The summed E-state index contributed by atoms with van der Waals surface area (Å²) in [5.41, 5.74) is 14.3. The number of aromatic nitrogens is 3. The van der Waals surface area contributed by atoms with Gasteiger partial charge in [0.25, 0.3) is 0 Å². The van der Waals surface area contributed by atoms with Crippen molar-refractivity contribution in [3.63, 3.8) is 0 Å². The molecule has 5 nitrogen and oxygen atoms in total. The fraction of sp³-hybridized carbons (Fsp3) is 0.0179. The van der Waals surface area contributed by atoms with Crippen molar-refractivity contribution in [1.29, 1.82) is 0 Å². The lowest BCUT2D eigenvalue weighted by Gasteiger charge is -2.15. The normalized spacial score (nSPS) is 11.6. The van der Waals surface area contributed by atoms with Gasteiger partial charge in [-0.05, 0) is 60.0 Å². The van der Waals surface area contributed by atoms with Crippen molar-refractivity contribution in [2.75, 3.05) is 0 Å². The van der Waals surface area contributed by atoms with Crippen molar-refractivity contribution in [3.05, 3.63) is 242 Å². The first kappa shape index (κ1) is 38.4. The summed E-state index contributed by atoms with van der Waals surface area (Å²) in [6.45, 7) is 6.61. The summed E-state index contributed by atoms with van der Waals surface area (Å²) in [7, 11) is 0. The maximum Gasteiger partial charge on any atom is 0.160 e. The van der Waals surface area contributed by atoms with Gasteiger partial charge in [-0.3, -0.25) is 0 Å². The van der Waals surface area contributed by atoms with E-state index in [1.54, 1.807) is 0 Å². The molecule has 290 valence electrons. The molecule has 0 amide bonds. The Morgan fingerprint density at radius 1 is 0.344 bits per heavy atom. The highest BCUT2D eigenvalue weighted by Crippen LogP contribution is 2.36. The molecule has 0 unspecified atom stereocenters. The second-order valence-corrected chi connectivity index (χ2v) is 14.7. The van der Waals surface area contributed by atoms with E-state index in [-0.39, 0.29) is 0 Å². The molecular weight excluding hydrogens is 743 g/mol. The third-order valence-corrected chi connectivity index (χ3v) is 10.4. The highest BCUT2D eigenvalue weighted by atomic mass is 14.9. The van der Waals surface area contributed by atoms with Crippen molar-refractivity contribution in [3.8, 4) is 67.5 Å². The highest BCUT2D eigenvalue weighted by molar-refractivity contribution is 6.12. The van der Waals surface area contributed by atoms with E-state index in [1.807, 2.05) is 140 Å². The second kappa shape index (κ2) is 17.8. The van der Waals surface area contributed by atoms with Crippen LogP contribution in [0.3, 0.4) is 0 Å². The van der Waals surface area contributed by atoms with E-state index in [2.05, 4.69) is 91.5 Å². The highest BCUT2D eigenvalue weighted by Gasteiger charge is 2.16. The Hall–Kier alpha value is -8.15. The molecule has 0 spiro atoms. The number of hydrogen-bond acceptors (Lipinski definition) is 4. The fourth-order valence-electron chi connectivity index (χ4n) is 7.22. The van der Waals surface area contributed by atoms with Crippen LogP contribution in [0.5, 0.6) is 0 Å². The zero-order chi connectivity index (χ0) is 41.4. The van der Waals surface area contributed by atoms with Gasteiger partial charge in [-0.1, -0.05) is 189 Å². The number of benzene rings is 7. The molecule has 9 aromatic rings. The van der Waals surface area contributed by atoms with Crippen LogP contribution in [-0.4, -0.2) is 26.5 Å². The van der Waals surface area contributed by atoms with E-state index in [4.69, 9.17) is 24.9 Å². The standard InChI is InChI=1S/C56H41N5/c1-39(41-21-9-3-10-22-41)57-55(45-29-17-7-18-30-45)58-40(2)47-33-48(49-36-51(42-23-11-4-12-24-42)59-52(37-49)43-25-13-5-14-26-43)35-50(34-47)54-38-53(44-27-15-6-16-28-44)60-56(61-54)46-31-19-8-20-32-46/h3-38H,2H2,1H3/b57-39+,58-55-. The summed E-state index contributed by atoms with van der Waals surface area (Å²) in [6, 6.07) is 74.0. The predicted octanol–water partition coefficient (Wildman–Crippen LogP) is 13.8. The Kier molecular flexibility index (Phi) is 11.2. The largest absolute Gasteiger partial charge is 0.248 e. The summed E-state index contributed by atoms with van der Waals surface area (Å²) in [6.07, 6.45) is 0. The maximum absolute atomic E-state index is 5.24. The number of pyridine rings is 1. The van der Waals surface area contributed by atoms with Gasteiger partial charge >= 0.3 is 0 Å². The third kappa shape index (κ3) is 8.97. The van der Waals surface area contributed by atoms with E-state index in [9.17, 15) is 0 Å². The minimum absolute atomic E-state index is 0.563. The average molecular weight is 784 g/mol. The van der Waals surface area contributed by atoms with Crippen molar-refractivity contribution in [2.24, 2.45) is 9.98 Å². The smallest absolute Gasteiger partial charge is 0.160 e. The first-order valence-corrected chi connectivity index (χ1v) is 20.3. The molecular formula is C56H41N5. The van der Waals surface area contributed by atoms with Crippen LogP contribution >= 0.6 is 0 Å². The van der Waals surface area contributed by atoms with Gasteiger partial charge in [0.05, 0.1) is 28.5 Å². The maximum atomic E-state index is 5.24. The predicted molar refractivity (Wildman–Crippen MR) is 253 cm³/mol. The zero-order valence-electron chi connectivity index (χ0n) is 33.7. The van der Waals surface area contributed by atoms with Gasteiger partial charge in [-0.25, -0.2) is 24.9 Å². The first-order chi connectivity index (χ1) is 30.0. The third-order valence-electron chi connectivity index (χ3n) is 10.4. The van der Waals surface area contributed by atoms with Gasteiger partial charge < -0.3 is 0 Å². The van der Waals surface area contributed by atoms with Crippen LogP contribution in [-0.2, 0) is 0 Å². The van der Waals surface area contributed by atoms with Gasteiger partial charge in [0.2, 0.25) is 0 Å². The molecule has 0 aliphatic carbocycles. The van der Waals surface area contributed by atoms with Gasteiger partial charge in [-0.2, -0.15) is 0 Å². The Labute approximate surface area is 356 Å². The number of nitrogens with zero attached hydrogens (tertiary/aromatic N) is 5. The Bertz CT molecular complexity index is 2740. The molecule has 5 heteroatoms. The van der Waals surface area contributed by atoms with Crippen molar-refractivity contribution in [2.45, 2.75) is 6.92 Å². The van der Waals surface area contributed by atoms with Crippen molar-refractivity contribution < 1.29 is 0 Å². The van der Waals surface area contributed by atoms with Crippen LogP contribution in [0.2, 0.25) is 0 Å². The molecule has 0 fully saturated rings. The lowest BCUT2D eigenvalue weighted by molar-refractivity contribution is 1.18. The molecule has 61 heavy (non-hydrogen) atoms. The molecule has 0 aliphatic heterocycles. The van der Waals surface area contributed by atoms with Crippen LogP contribution in [0, 0.1) is 0 Å². The fourth-order valence-corrected chi connectivity index (χ4v) is 7.22. The summed E-state index contributed by atoms with van der Waals surface area (Å²) in [4.78, 5) is 25.8. The lowest BCUT2D eigenvalue weighted by atomic mass is 9.94. The molecule has 2 heterocycles. The summed E-state index contributed by atoms with van der Waals surface area (Å²) in [5.74, 6) is 1.21. The van der Waals surface area contributed by atoms with E-state index in [0.717, 1.165) is 84.1 Å². The van der Waals surface area contributed by atoms with Gasteiger partial charge in [0.1, 0.15) is 0 Å². The van der Waals surface area contributed by atoms with Crippen LogP contribution in [0.1, 0.15) is 23.6 Å². The zero-order valence-corrected chi connectivity index (χ0v) is 33.7. The van der Waals surface area contributed by atoms with Crippen LogP contribution < -0.4 is 0 Å². The second-order valence-electron chi connectivity index (χ2n) is 14.7. The van der Waals surface area contributed by atoms with E-state index in [0.29, 0.717) is 17.4 Å². The topological polar surface area (TPSA) is 63.4 Å². The Morgan fingerprint density at radius 2 is 0.738 bits per heavy atom. The lowest BCUT2D eigenvalue weighted by Crippen LogP contribution is -2.04. The molecule has 0 bridgehead atoms. The number of rotatable bonds is 10. The van der Waals surface area contributed by atoms with Crippen LogP contribution in [0.4, 0.5) is 0 Å². The number of aliphatic imine (C=N–C) groups is 2. The van der Waals surface area contributed by atoms with E-state index >= 15 is 0 Å². The van der Waals surface area contributed by atoms with Gasteiger partial charge in [0.15, 0.2) is 11.7 Å². The van der Waals surface area contributed by atoms with Crippen LogP contribution in [0.15, 0.2) is 235 Å². The summed E-state index contributed by atoms with van der Waals surface area (Å²) < 4.78 is 0. The summed E-state index contributed by atoms with van der Waals surface area (Å²) >= 11 is 0. The first-order valence-electron chi connectivity index (χ1n) is 20.3. The molecule has 0 atom stereocenters. The number of hydrogen-bond donors (Lipinski definition) is 0. The Morgan fingerprint density at radius 3 is 1.25 bits per heavy atom. The van der Waals surface area contributed by atoms with E-state index < -0.39 is 0 Å². The van der Waals surface area contributed by atoms with Crippen molar-refractivity contribution >= 4 is 17.2 Å². The Balaban J connectivity index is 1.27. The number of amidine groups is 1. The average Bonchev–Trinajstić information content (AvgIpc) is 3.35. The molecule has 9 rings (SSSR count). The van der Waals surface area contributed by atoms with Crippen LogP contribution in [0.25, 0.3) is 73.2 Å². The molecule has 0 saturated carbocycles. The molecule has 0 saturated heterocycles. The molecule has 7 aromatic carbocycles. The molecule has 0 N–H and O–H groups in total. The SMILES string of the molecule is C=C(/N=C(\N=C(/C)c1ccccc1)c1ccccc1)c1cc(-c2cc(-c3ccccc3)nc(-c3ccccc3)c2)cc(-c2cc(-c3ccccc3)nc(-c3ccccc3)n2)c1.